The Morgan fingerprint density at radius 1 is 1.10 bits per heavy atom. The molecule has 1 N–H and O–H groups in total. The van der Waals surface area contributed by atoms with Crippen LogP contribution in [0.2, 0.25) is 0 Å². The summed E-state index contributed by atoms with van der Waals surface area (Å²) in [4.78, 5) is 1.26. The minimum Gasteiger partial charge on any atom is -0.309 e. The molecule has 3 heteroatoms. The van der Waals surface area contributed by atoms with Crippen LogP contribution >= 0.6 is 11.8 Å². The van der Waals surface area contributed by atoms with Gasteiger partial charge in [-0.25, -0.2) is 4.39 Å². The summed E-state index contributed by atoms with van der Waals surface area (Å²) < 4.78 is 14.0. The molecule has 112 valence electrons. The van der Waals surface area contributed by atoms with Crippen molar-refractivity contribution in [1.82, 2.24) is 5.32 Å². The number of hydrogen-bond acceptors (Lipinski definition) is 2. The summed E-state index contributed by atoms with van der Waals surface area (Å²) in [5.74, 6) is 0.697. The minimum absolute atomic E-state index is 0.0377. The SMILES string of the molecule is CCCNC(CSc1ccccc1C)c1ccccc1F. The zero-order valence-corrected chi connectivity index (χ0v) is 13.4. The van der Waals surface area contributed by atoms with E-state index in [1.165, 1.54) is 16.5 Å². The van der Waals surface area contributed by atoms with Crippen LogP contribution in [0, 0.1) is 12.7 Å². The van der Waals surface area contributed by atoms with Crippen molar-refractivity contribution in [2.45, 2.75) is 31.2 Å². The van der Waals surface area contributed by atoms with Crippen molar-refractivity contribution in [2.75, 3.05) is 12.3 Å². The average molecular weight is 303 g/mol. The maximum atomic E-state index is 14.0. The maximum absolute atomic E-state index is 14.0. The molecule has 1 atom stereocenters. The monoisotopic (exact) mass is 303 g/mol. The molecule has 2 rings (SSSR count). The summed E-state index contributed by atoms with van der Waals surface area (Å²) in [6.07, 6.45) is 1.04. The van der Waals surface area contributed by atoms with Crippen molar-refractivity contribution >= 4 is 11.8 Å². The molecule has 0 aliphatic heterocycles. The zero-order valence-electron chi connectivity index (χ0n) is 12.6. The van der Waals surface area contributed by atoms with E-state index in [1.807, 2.05) is 24.3 Å². The van der Waals surface area contributed by atoms with Gasteiger partial charge in [0.15, 0.2) is 0 Å². The quantitative estimate of drug-likeness (QED) is 0.725. The Balaban J connectivity index is 2.10. The number of nitrogens with one attached hydrogen (secondary N) is 1. The molecule has 1 unspecified atom stereocenters. The van der Waals surface area contributed by atoms with Gasteiger partial charge in [0, 0.05) is 22.3 Å². The lowest BCUT2D eigenvalue weighted by molar-refractivity contribution is 0.532. The van der Waals surface area contributed by atoms with Gasteiger partial charge in [0.2, 0.25) is 0 Å². The van der Waals surface area contributed by atoms with E-state index in [1.54, 1.807) is 17.8 Å². The fraction of sp³-hybridized carbons (Fsp3) is 0.333. The van der Waals surface area contributed by atoms with E-state index >= 15 is 0 Å². The minimum atomic E-state index is -0.128. The van der Waals surface area contributed by atoms with Crippen molar-refractivity contribution in [2.24, 2.45) is 0 Å². The predicted molar refractivity (Wildman–Crippen MR) is 89.3 cm³/mol. The Hall–Kier alpha value is -1.32. The maximum Gasteiger partial charge on any atom is 0.128 e. The molecular formula is C18H22FNS. The lowest BCUT2D eigenvalue weighted by atomic mass is 10.1. The highest BCUT2D eigenvalue weighted by Crippen LogP contribution is 2.28. The highest BCUT2D eigenvalue weighted by atomic mass is 32.2. The Bertz CT molecular complexity index is 571. The third-order valence-electron chi connectivity index (χ3n) is 3.42. The molecule has 0 heterocycles. The van der Waals surface area contributed by atoms with Crippen LogP contribution in [-0.2, 0) is 0 Å². The third kappa shape index (κ3) is 4.58. The Morgan fingerprint density at radius 3 is 2.52 bits per heavy atom. The smallest absolute Gasteiger partial charge is 0.128 e. The summed E-state index contributed by atoms with van der Waals surface area (Å²) in [5.41, 5.74) is 2.03. The standard InChI is InChI=1S/C18H22FNS/c1-3-12-20-17(15-9-5-6-10-16(15)19)13-21-18-11-7-4-8-14(18)2/h4-11,17,20H,3,12-13H2,1-2H3. The second-order valence-corrected chi connectivity index (χ2v) is 6.17. The van der Waals surface area contributed by atoms with Gasteiger partial charge in [0.05, 0.1) is 0 Å². The van der Waals surface area contributed by atoms with Gasteiger partial charge in [-0.2, -0.15) is 0 Å². The van der Waals surface area contributed by atoms with Crippen LogP contribution in [0.3, 0.4) is 0 Å². The Labute approximate surface area is 131 Å². The van der Waals surface area contributed by atoms with Gasteiger partial charge in [-0.3, -0.25) is 0 Å². The van der Waals surface area contributed by atoms with E-state index in [9.17, 15) is 4.39 Å². The van der Waals surface area contributed by atoms with E-state index in [0.29, 0.717) is 0 Å². The number of rotatable bonds is 7. The van der Waals surface area contributed by atoms with Gasteiger partial charge in [0.25, 0.3) is 0 Å². The topological polar surface area (TPSA) is 12.0 Å². The Morgan fingerprint density at radius 2 is 1.81 bits per heavy atom. The normalized spacial score (nSPS) is 12.3. The molecule has 0 saturated carbocycles. The molecule has 2 aromatic carbocycles. The van der Waals surface area contributed by atoms with Gasteiger partial charge in [-0.15, -0.1) is 11.8 Å². The first kappa shape index (κ1) is 16.1. The lowest BCUT2D eigenvalue weighted by Crippen LogP contribution is -2.25. The second-order valence-electron chi connectivity index (χ2n) is 5.10. The molecule has 21 heavy (non-hydrogen) atoms. The van der Waals surface area contributed by atoms with Gasteiger partial charge < -0.3 is 5.32 Å². The molecule has 0 bridgehead atoms. The van der Waals surface area contributed by atoms with E-state index in [-0.39, 0.29) is 11.9 Å². The molecule has 2 aromatic rings. The second kappa shape index (κ2) is 8.20. The molecule has 0 aliphatic rings. The van der Waals surface area contributed by atoms with Gasteiger partial charge in [-0.1, -0.05) is 43.3 Å². The van der Waals surface area contributed by atoms with Gasteiger partial charge in [0.1, 0.15) is 5.82 Å². The summed E-state index contributed by atoms with van der Waals surface area (Å²) in [5, 5.41) is 3.46. The first-order chi connectivity index (χ1) is 10.2. The van der Waals surface area contributed by atoms with Crippen LogP contribution in [-0.4, -0.2) is 12.3 Å². The van der Waals surface area contributed by atoms with Crippen LogP contribution in [0.25, 0.3) is 0 Å². The molecule has 0 radical (unpaired) electrons. The number of thioether (sulfide) groups is 1. The summed E-state index contributed by atoms with van der Waals surface area (Å²) >= 11 is 1.78. The van der Waals surface area contributed by atoms with E-state index < -0.39 is 0 Å². The van der Waals surface area contributed by atoms with Crippen LogP contribution in [0.4, 0.5) is 4.39 Å². The highest BCUT2D eigenvalue weighted by molar-refractivity contribution is 7.99. The fourth-order valence-corrected chi connectivity index (χ4v) is 3.34. The number of hydrogen-bond donors (Lipinski definition) is 1. The van der Waals surface area contributed by atoms with Crippen LogP contribution in [0.1, 0.15) is 30.5 Å². The van der Waals surface area contributed by atoms with Crippen molar-refractivity contribution < 1.29 is 4.39 Å². The van der Waals surface area contributed by atoms with Crippen molar-refractivity contribution in [3.05, 3.63) is 65.5 Å². The average Bonchev–Trinajstić information content (AvgIpc) is 2.50. The van der Waals surface area contributed by atoms with Crippen LogP contribution in [0.15, 0.2) is 53.4 Å². The van der Waals surface area contributed by atoms with Gasteiger partial charge >= 0.3 is 0 Å². The summed E-state index contributed by atoms with van der Waals surface area (Å²) in [6, 6.07) is 15.4. The van der Waals surface area contributed by atoms with E-state index in [4.69, 9.17) is 0 Å². The summed E-state index contributed by atoms with van der Waals surface area (Å²) in [6.45, 7) is 5.13. The molecule has 0 aromatic heterocycles. The van der Waals surface area contributed by atoms with Crippen molar-refractivity contribution in [3.63, 3.8) is 0 Å². The summed E-state index contributed by atoms with van der Waals surface area (Å²) in [7, 11) is 0. The van der Waals surface area contributed by atoms with Crippen LogP contribution in [0.5, 0.6) is 0 Å². The first-order valence-corrected chi connectivity index (χ1v) is 8.37. The molecular weight excluding hydrogens is 281 g/mol. The number of halogens is 1. The lowest BCUT2D eigenvalue weighted by Gasteiger charge is -2.19. The third-order valence-corrected chi connectivity index (χ3v) is 4.69. The van der Waals surface area contributed by atoms with Crippen molar-refractivity contribution in [3.8, 4) is 0 Å². The van der Waals surface area contributed by atoms with Crippen molar-refractivity contribution in [1.29, 1.82) is 0 Å². The molecule has 0 spiro atoms. The molecule has 0 fully saturated rings. The van der Waals surface area contributed by atoms with Gasteiger partial charge in [-0.05, 0) is 37.6 Å². The molecule has 0 aliphatic carbocycles. The van der Waals surface area contributed by atoms with E-state index in [2.05, 4.69) is 31.3 Å². The zero-order chi connectivity index (χ0) is 15.1. The first-order valence-electron chi connectivity index (χ1n) is 7.38. The molecule has 0 saturated heterocycles. The Kier molecular flexibility index (Phi) is 6.27. The van der Waals surface area contributed by atoms with Crippen LogP contribution < -0.4 is 5.32 Å². The number of benzene rings is 2. The largest absolute Gasteiger partial charge is 0.309 e. The fourth-order valence-electron chi connectivity index (χ4n) is 2.23. The predicted octanol–water partition coefficient (Wildman–Crippen LogP) is 4.97. The molecule has 0 amide bonds. The van der Waals surface area contributed by atoms with E-state index in [0.717, 1.165) is 24.3 Å². The molecule has 1 nitrogen and oxygen atoms in total. The highest BCUT2D eigenvalue weighted by Gasteiger charge is 2.15. The number of aryl methyl sites for hydroxylation is 1.